The van der Waals surface area contributed by atoms with E-state index in [0.29, 0.717) is 6.42 Å². The van der Waals surface area contributed by atoms with Gasteiger partial charge in [-0.05, 0) is 46.9 Å². The Morgan fingerprint density at radius 1 is 1.15 bits per heavy atom. The van der Waals surface area contributed by atoms with E-state index in [9.17, 15) is 4.79 Å². The van der Waals surface area contributed by atoms with Crippen molar-refractivity contribution in [3.05, 3.63) is 59.8 Å². The molecule has 1 aliphatic rings. The molecule has 6 nitrogen and oxygen atoms in total. The Kier molecular flexibility index (Phi) is 7.67. The molecule has 6 heteroatoms. The number of benzene rings is 1. The zero-order valence-electron chi connectivity index (χ0n) is 20.8. The topological polar surface area (TPSA) is 75.3 Å². The standard InChI is InChI=1S/C27H38N4O2/c1-26(2,3)18-29-22-13-12-21(30-24(22)28-6)20-14-15-27(4,5)23(16-20)31-25(32)33-17-19-10-8-7-9-11-19/h7-14,23,29H,15-18H2,1-6H3,(H,28,30)(H,31,32). The van der Waals surface area contributed by atoms with Crippen molar-refractivity contribution < 1.29 is 9.53 Å². The predicted molar refractivity (Wildman–Crippen MR) is 136 cm³/mol. The fourth-order valence-corrected chi connectivity index (χ4v) is 3.80. The van der Waals surface area contributed by atoms with Crippen molar-refractivity contribution in [2.75, 3.05) is 24.2 Å². The van der Waals surface area contributed by atoms with Gasteiger partial charge >= 0.3 is 6.09 Å². The van der Waals surface area contributed by atoms with Crippen LogP contribution in [0.25, 0.3) is 5.57 Å². The molecule has 0 aliphatic heterocycles. The zero-order chi connectivity index (χ0) is 24.1. The number of amides is 1. The van der Waals surface area contributed by atoms with Gasteiger partial charge in [-0.1, -0.05) is 71.0 Å². The SMILES string of the molecule is CNc1nc(C2=CCC(C)(C)C(NC(=O)OCc3ccccc3)C2)ccc1NCC(C)(C)C. The lowest BCUT2D eigenvalue weighted by molar-refractivity contribution is 0.123. The minimum absolute atomic E-state index is 0.0423. The highest BCUT2D eigenvalue weighted by Gasteiger charge is 2.35. The number of nitrogens with one attached hydrogen (secondary N) is 3. The van der Waals surface area contributed by atoms with Gasteiger partial charge in [-0.2, -0.15) is 0 Å². The molecule has 0 fully saturated rings. The van der Waals surface area contributed by atoms with Gasteiger partial charge in [0.25, 0.3) is 0 Å². The fraction of sp³-hybridized carbons (Fsp3) is 0.481. The molecule has 1 atom stereocenters. The lowest BCUT2D eigenvalue weighted by atomic mass is 9.73. The number of rotatable bonds is 7. The molecule has 33 heavy (non-hydrogen) atoms. The van der Waals surface area contributed by atoms with Gasteiger partial charge in [0.05, 0.1) is 11.4 Å². The highest BCUT2D eigenvalue weighted by Crippen LogP contribution is 2.38. The van der Waals surface area contributed by atoms with Gasteiger partial charge in [0.2, 0.25) is 0 Å². The minimum Gasteiger partial charge on any atom is -0.445 e. The number of nitrogens with zero attached hydrogens (tertiary/aromatic N) is 1. The highest BCUT2D eigenvalue weighted by atomic mass is 16.5. The van der Waals surface area contributed by atoms with Crippen LogP contribution < -0.4 is 16.0 Å². The molecular weight excluding hydrogens is 412 g/mol. The van der Waals surface area contributed by atoms with Crippen LogP contribution in [0.15, 0.2) is 48.5 Å². The first kappa shape index (κ1) is 24.6. The molecule has 0 saturated carbocycles. The third kappa shape index (κ3) is 6.98. The molecule has 0 bridgehead atoms. The molecule has 3 N–H and O–H groups in total. The van der Waals surface area contributed by atoms with Gasteiger partial charge in [-0.15, -0.1) is 0 Å². The van der Waals surface area contributed by atoms with E-state index in [1.165, 1.54) is 0 Å². The van der Waals surface area contributed by atoms with Crippen molar-refractivity contribution in [1.82, 2.24) is 10.3 Å². The van der Waals surface area contributed by atoms with Crippen LogP contribution in [0.5, 0.6) is 0 Å². The number of carbonyl (C=O) groups is 1. The second-order valence-electron chi connectivity index (χ2n) is 10.6. The van der Waals surface area contributed by atoms with Gasteiger partial charge in [0.1, 0.15) is 12.4 Å². The molecule has 2 aromatic rings. The largest absolute Gasteiger partial charge is 0.445 e. The van der Waals surface area contributed by atoms with Gasteiger partial charge in [-0.3, -0.25) is 0 Å². The van der Waals surface area contributed by atoms with Crippen LogP contribution >= 0.6 is 0 Å². The number of allylic oxidation sites excluding steroid dienone is 1. The molecule has 0 spiro atoms. The first-order valence-electron chi connectivity index (χ1n) is 11.7. The second-order valence-corrected chi connectivity index (χ2v) is 10.6. The maximum atomic E-state index is 12.5. The summed E-state index contributed by atoms with van der Waals surface area (Å²) in [5, 5.41) is 9.80. The summed E-state index contributed by atoms with van der Waals surface area (Å²) >= 11 is 0. The molecule has 1 unspecified atom stereocenters. The summed E-state index contributed by atoms with van der Waals surface area (Å²) in [4.78, 5) is 17.4. The Hall–Kier alpha value is -3.02. The van der Waals surface area contributed by atoms with Crippen LogP contribution in [0.4, 0.5) is 16.3 Å². The predicted octanol–water partition coefficient (Wildman–Crippen LogP) is 6.08. The van der Waals surface area contributed by atoms with Crippen LogP contribution in [0.2, 0.25) is 0 Å². The quantitative estimate of drug-likeness (QED) is 0.477. The summed E-state index contributed by atoms with van der Waals surface area (Å²) in [5.74, 6) is 0.828. The molecule has 1 aliphatic carbocycles. The van der Waals surface area contributed by atoms with E-state index in [2.05, 4.69) is 68.8 Å². The zero-order valence-corrected chi connectivity index (χ0v) is 20.8. The van der Waals surface area contributed by atoms with Crippen molar-refractivity contribution in [3.63, 3.8) is 0 Å². The maximum Gasteiger partial charge on any atom is 0.407 e. The van der Waals surface area contributed by atoms with Crippen molar-refractivity contribution in [2.45, 2.75) is 60.1 Å². The molecular formula is C27H38N4O2. The van der Waals surface area contributed by atoms with Crippen LogP contribution in [0, 0.1) is 10.8 Å². The van der Waals surface area contributed by atoms with Crippen molar-refractivity contribution in [2.24, 2.45) is 10.8 Å². The number of aromatic nitrogens is 1. The molecule has 3 rings (SSSR count). The first-order valence-corrected chi connectivity index (χ1v) is 11.7. The third-order valence-electron chi connectivity index (χ3n) is 6.02. The minimum atomic E-state index is -0.385. The first-order chi connectivity index (χ1) is 15.6. The van der Waals surface area contributed by atoms with Crippen LogP contribution in [0.1, 0.15) is 58.7 Å². The molecule has 1 aromatic carbocycles. The van der Waals surface area contributed by atoms with Crippen LogP contribution in [-0.4, -0.2) is 30.7 Å². The average Bonchev–Trinajstić information content (AvgIpc) is 2.77. The number of alkyl carbamates (subject to hydrolysis) is 1. The Morgan fingerprint density at radius 3 is 2.55 bits per heavy atom. The second kappa shape index (κ2) is 10.3. The van der Waals surface area contributed by atoms with Gasteiger partial charge in [0, 0.05) is 19.6 Å². The molecule has 1 amide bonds. The number of pyridine rings is 1. The van der Waals surface area contributed by atoms with Gasteiger partial charge < -0.3 is 20.7 Å². The highest BCUT2D eigenvalue weighted by molar-refractivity contribution is 5.73. The fourth-order valence-electron chi connectivity index (χ4n) is 3.80. The molecule has 0 saturated heterocycles. The van der Waals surface area contributed by atoms with Crippen molar-refractivity contribution in [3.8, 4) is 0 Å². The Morgan fingerprint density at radius 2 is 1.88 bits per heavy atom. The van der Waals surface area contributed by atoms with Gasteiger partial charge in [0.15, 0.2) is 0 Å². The summed E-state index contributed by atoms with van der Waals surface area (Å²) in [7, 11) is 1.89. The summed E-state index contributed by atoms with van der Waals surface area (Å²) in [6, 6.07) is 13.8. The average molecular weight is 451 g/mol. The van der Waals surface area contributed by atoms with E-state index in [1.807, 2.05) is 37.4 Å². The molecule has 178 valence electrons. The van der Waals surface area contributed by atoms with E-state index in [0.717, 1.165) is 41.3 Å². The van der Waals surface area contributed by atoms with Crippen LogP contribution in [0.3, 0.4) is 0 Å². The Balaban J connectivity index is 1.68. The number of carbonyl (C=O) groups excluding carboxylic acids is 1. The normalized spacial score (nSPS) is 17.6. The van der Waals surface area contributed by atoms with E-state index < -0.39 is 0 Å². The maximum absolute atomic E-state index is 12.5. The van der Waals surface area contributed by atoms with Crippen LogP contribution in [-0.2, 0) is 11.3 Å². The number of anilines is 2. The number of hydrogen-bond acceptors (Lipinski definition) is 5. The molecule has 1 heterocycles. The van der Waals surface area contributed by atoms with E-state index in [1.54, 1.807) is 0 Å². The third-order valence-corrected chi connectivity index (χ3v) is 6.02. The molecule has 0 radical (unpaired) electrons. The summed E-state index contributed by atoms with van der Waals surface area (Å²) in [6.07, 6.45) is 3.42. The van der Waals surface area contributed by atoms with Crippen molar-refractivity contribution in [1.29, 1.82) is 0 Å². The summed E-state index contributed by atoms with van der Waals surface area (Å²) < 4.78 is 5.47. The van der Waals surface area contributed by atoms with E-state index in [4.69, 9.17) is 9.72 Å². The van der Waals surface area contributed by atoms with E-state index >= 15 is 0 Å². The summed E-state index contributed by atoms with van der Waals surface area (Å²) in [5.41, 5.74) is 4.14. The number of ether oxygens (including phenoxy) is 1. The lowest BCUT2D eigenvalue weighted by Gasteiger charge is -2.38. The van der Waals surface area contributed by atoms with Crippen molar-refractivity contribution >= 4 is 23.2 Å². The number of hydrogen-bond donors (Lipinski definition) is 3. The molecule has 1 aromatic heterocycles. The Bertz CT molecular complexity index is 977. The smallest absolute Gasteiger partial charge is 0.407 e. The van der Waals surface area contributed by atoms with E-state index in [-0.39, 0.29) is 29.6 Å². The van der Waals surface area contributed by atoms with Gasteiger partial charge in [-0.25, -0.2) is 9.78 Å². The Labute approximate surface area is 198 Å². The monoisotopic (exact) mass is 450 g/mol. The lowest BCUT2D eigenvalue weighted by Crippen LogP contribution is -2.46. The summed E-state index contributed by atoms with van der Waals surface area (Å²) in [6.45, 7) is 12.1.